The molecule has 0 aliphatic carbocycles. The van der Waals surface area contributed by atoms with Crippen LogP contribution in [-0.4, -0.2) is 25.0 Å². The number of hydrogen-bond donors (Lipinski definition) is 1. The van der Waals surface area contributed by atoms with Crippen molar-refractivity contribution in [3.05, 3.63) is 21.7 Å². The average molecular weight is 302 g/mol. The summed E-state index contributed by atoms with van der Waals surface area (Å²) >= 11 is 5.13. The third-order valence-electron chi connectivity index (χ3n) is 2.18. The fourth-order valence-electron chi connectivity index (χ4n) is 1.36. The second kappa shape index (κ2) is 4.58. The second-order valence-corrected chi connectivity index (χ2v) is 5.20. The summed E-state index contributed by atoms with van der Waals surface area (Å²) in [6.45, 7) is 3.87. The molecule has 0 saturated carbocycles. The topological polar surface area (TPSA) is 59.4 Å². The van der Waals surface area contributed by atoms with Crippen molar-refractivity contribution in [2.24, 2.45) is 7.05 Å². The molecule has 0 aliphatic rings. The van der Waals surface area contributed by atoms with E-state index < -0.39 is 0 Å². The Hall–Kier alpha value is -0.820. The van der Waals surface area contributed by atoms with Crippen LogP contribution < -0.4 is 0 Å². The van der Waals surface area contributed by atoms with Crippen molar-refractivity contribution in [3.8, 4) is 0 Å². The monoisotopic (exact) mass is 301 g/mol. The highest BCUT2D eigenvalue weighted by molar-refractivity contribution is 9.10. The van der Waals surface area contributed by atoms with Crippen molar-refractivity contribution in [2.75, 3.05) is 0 Å². The average Bonchev–Trinajstić information content (AvgIpc) is 2.72. The van der Waals surface area contributed by atoms with Crippen LogP contribution in [-0.2, 0) is 12.8 Å². The molecular formula is C9H12BrN5S. The third-order valence-corrected chi connectivity index (χ3v) is 4.07. The molecule has 0 atom stereocenters. The van der Waals surface area contributed by atoms with Crippen molar-refractivity contribution in [3.63, 3.8) is 0 Å². The first-order valence-corrected chi connectivity index (χ1v) is 6.55. The van der Waals surface area contributed by atoms with E-state index in [9.17, 15) is 0 Å². The van der Waals surface area contributed by atoms with Gasteiger partial charge in [-0.25, -0.2) is 4.98 Å². The summed E-state index contributed by atoms with van der Waals surface area (Å²) in [4.78, 5) is 4.24. The lowest BCUT2D eigenvalue weighted by Gasteiger charge is -1.99. The van der Waals surface area contributed by atoms with E-state index in [0.717, 1.165) is 32.6 Å². The summed E-state index contributed by atoms with van der Waals surface area (Å²) in [5.41, 5.74) is 2.15. The van der Waals surface area contributed by atoms with Crippen LogP contribution in [0.3, 0.4) is 0 Å². The molecule has 1 N–H and O–H groups in total. The standard InChI is InChI=1S/C9H12BrN5S/c1-5-8(10)7(15(3)14-5)4-16-9-11-6(2)12-13-9/h4H2,1-3H3,(H,11,12,13). The molecule has 0 saturated heterocycles. The molecule has 86 valence electrons. The number of thioether (sulfide) groups is 1. The maximum atomic E-state index is 4.34. The molecule has 2 rings (SSSR count). The SMILES string of the molecule is Cc1nc(SCc2c(Br)c(C)nn2C)n[nH]1. The molecular weight excluding hydrogens is 290 g/mol. The molecule has 2 heterocycles. The predicted octanol–water partition coefficient (Wildman–Crippen LogP) is 2.21. The molecule has 0 fully saturated rings. The van der Waals surface area contributed by atoms with Crippen LogP contribution in [0.4, 0.5) is 0 Å². The zero-order chi connectivity index (χ0) is 11.7. The Balaban J connectivity index is 2.10. The normalized spacial score (nSPS) is 11.0. The van der Waals surface area contributed by atoms with Gasteiger partial charge in [-0.15, -0.1) is 5.10 Å². The summed E-state index contributed by atoms with van der Waals surface area (Å²) in [5.74, 6) is 1.64. The molecule has 5 nitrogen and oxygen atoms in total. The molecule has 2 aromatic heterocycles. The van der Waals surface area contributed by atoms with E-state index in [1.165, 1.54) is 0 Å². The van der Waals surface area contributed by atoms with Crippen LogP contribution in [0, 0.1) is 13.8 Å². The highest BCUT2D eigenvalue weighted by Gasteiger charge is 2.11. The number of nitrogens with one attached hydrogen (secondary N) is 1. The molecule has 16 heavy (non-hydrogen) atoms. The van der Waals surface area contributed by atoms with Crippen LogP contribution in [0.25, 0.3) is 0 Å². The van der Waals surface area contributed by atoms with E-state index in [-0.39, 0.29) is 0 Å². The van der Waals surface area contributed by atoms with Gasteiger partial charge in [0, 0.05) is 12.8 Å². The van der Waals surface area contributed by atoms with Crippen LogP contribution in [0.2, 0.25) is 0 Å². The summed E-state index contributed by atoms with van der Waals surface area (Å²) in [7, 11) is 1.94. The van der Waals surface area contributed by atoms with Crippen molar-refractivity contribution in [2.45, 2.75) is 24.8 Å². The highest BCUT2D eigenvalue weighted by Crippen LogP contribution is 2.26. The van der Waals surface area contributed by atoms with Gasteiger partial charge in [0.05, 0.1) is 15.9 Å². The molecule has 7 heteroatoms. The van der Waals surface area contributed by atoms with Crippen molar-refractivity contribution in [1.29, 1.82) is 0 Å². The Morgan fingerprint density at radius 3 is 2.69 bits per heavy atom. The van der Waals surface area contributed by atoms with E-state index in [4.69, 9.17) is 0 Å². The van der Waals surface area contributed by atoms with Crippen LogP contribution in [0.5, 0.6) is 0 Å². The smallest absolute Gasteiger partial charge is 0.208 e. The minimum absolute atomic E-state index is 0.767. The third kappa shape index (κ3) is 2.30. The number of rotatable bonds is 3. The molecule has 0 spiro atoms. The fraction of sp³-hybridized carbons (Fsp3) is 0.444. The molecule has 2 aromatic rings. The van der Waals surface area contributed by atoms with E-state index in [1.807, 2.05) is 25.6 Å². The molecule has 0 aromatic carbocycles. The van der Waals surface area contributed by atoms with E-state index >= 15 is 0 Å². The van der Waals surface area contributed by atoms with Crippen LogP contribution in [0.15, 0.2) is 9.63 Å². The molecule has 0 bridgehead atoms. The summed E-state index contributed by atoms with van der Waals surface area (Å²) in [5, 5.41) is 12.0. The van der Waals surface area contributed by atoms with Gasteiger partial charge < -0.3 is 0 Å². The summed E-state index contributed by atoms with van der Waals surface area (Å²) in [6.07, 6.45) is 0. The second-order valence-electron chi connectivity index (χ2n) is 3.46. The minimum Gasteiger partial charge on any atom is -0.270 e. The Morgan fingerprint density at radius 2 is 2.19 bits per heavy atom. The van der Waals surface area contributed by atoms with E-state index in [0.29, 0.717) is 0 Å². The Bertz CT molecular complexity index is 504. The number of halogens is 1. The highest BCUT2D eigenvalue weighted by atomic mass is 79.9. The van der Waals surface area contributed by atoms with Gasteiger partial charge in [0.25, 0.3) is 0 Å². The van der Waals surface area contributed by atoms with Crippen LogP contribution in [0.1, 0.15) is 17.2 Å². The van der Waals surface area contributed by atoms with Crippen molar-refractivity contribution < 1.29 is 0 Å². The fourth-order valence-corrected chi connectivity index (χ4v) is 2.93. The lowest BCUT2D eigenvalue weighted by atomic mass is 10.4. The van der Waals surface area contributed by atoms with Gasteiger partial charge in [-0.05, 0) is 29.8 Å². The zero-order valence-electron chi connectivity index (χ0n) is 9.28. The Labute approximate surface area is 106 Å². The minimum atomic E-state index is 0.767. The molecule has 0 radical (unpaired) electrons. The summed E-state index contributed by atoms with van der Waals surface area (Å²) in [6, 6.07) is 0. The predicted molar refractivity (Wildman–Crippen MR) is 66.3 cm³/mol. The van der Waals surface area contributed by atoms with E-state index in [1.54, 1.807) is 11.8 Å². The first-order chi connectivity index (χ1) is 7.58. The molecule has 0 amide bonds. The number of aromatic amines is 1. The zero-order valence-corrected chi connectivity index (χ0v) is 11.7. The number of aromatic nitrogens is 5. The number of H-pyrrole nitrogens is 1. The number of hydrogen-bond acceptors (Lipinski definition) is 4. The van der Waals surface area contributed by atoms with Gasteiger partial charge in [-0.1, -0.05) is 11.8 Å². The quantitative estimate of drug-likeness (QED) is 0.883. The lowest BCUT2D eigenvalue weighted by Crippen LogP contribution is -1.96. The molecule has 0 unspecified atom stereocenters. The van der Waals surface area contributed by atoms with Gasteiger partial charge in [0.15, 0.2) is 0 Å². The van der Waals surface area contributed by atoms with Gasteiger partial charge in [0.2, 0.25) is 5.16 Å². The largest absolute Gasteiger partial charge is 0.270 e. The lowest BCUT2D eigenvalue weighted by molar-refractivity contribution is 0.727. The van der Waals surface area contributed by atoms with Gasteiger partial charge >= 0.3 is 0 Å². The van der Waals surface area contributed by atoms with Gasteiger partial charge in [0.1, 0.15) is 5.82 Å². The summed E-state index contributed by atoms with van der Waals surface area (Å²) < 4.78 is 2.95. The van der Waals surface area contributed by atoms with E-state index in [2.05, 4.69) is 36.2 Å². The van der Waals surface area contributed by atoms with Crippen molar-refractivity contribution >= 4 is 27.7 Å². The maximum Gasteiger partial charge on any atom is 0.208 e. The number of nitrogens with zero attached hydrogens (tertiary/aromatic N) is 4. The first kappa shape index (κ1) is 11.7. The van der Waals surface area contributed by atoms with Gasteiger partial charge in [-0.3, -0.25) is 9.78 Å². The van der Waals surface area contributed by atoms with Crippen LogP contribution >= 0.6 is 27.7 Å². The number of aryl methyl sites for hydroxylation is 3. The Kier molecular flexibility index (Phi) is 3.34. The Morgan fingerprint density at radius 1 is 1.44 bits per heavy atom. The van der Waals surface area contributed by atoms with Crippen molar-refractivity contribution in [1.82, 2.24) is 25.0 Å². The van der Waals surface area contributed by atoms with Gasteiger partial charge in [-0.2, -0.15) is 5.10 Å². The molecule has 0 aliphatic heterocycles. The maximum absolute atomic E-state index is 4.34. The first-order valence-electron chi connectivity index (χ1n) is 4.77.